The van der Waals surface area contributed by atoms with Crippen LogP contribution in [0.3, 0.4) is 0 Å². The van der Waals surface area contributed by atoms with Crippen molar-refractivity contribution in [1.29, 1.82) is 0 Å². The summed E-state index contributed by atoms with van der Waals surface area (Å²) in [5.41, 5.74) is 7.25. The summed E-state index contributed by atoms with van der Waals surface area (Å²) in [4.78, 5) is 2.27. The molecule has 94 valence electrons. The van der Waals surface area contributed by atoms with Crippen molar-refractivity contribution in [1.82, 2.24) is 0 Å². The Morgan fingerprint density at radius 1 is 1.47 bits per heavy atom. The second kappa shape index (κ2) is 5.13. The molecule has 1 fully saturated rings. The van der Waals surface area contributed by atoms with E-state index >= 15 is 0 Å². The van der Waals surface area contributed by atoms with Crippen LogP contribution in [0.25, 0.3) is 0 Å². The zero-order valence-electron chi connectivity index (χ0n) is 10.0. The fourth-order valence-electron chi connectivity index (χ4n) is 2.54. The third kappa shape index (κ3) is 2.49. The fraction of sp³-hybridized carbons (Fsp3) is 0.538. The molecule has 17 heavy (non-hydrogen) atoms. The average molecular weight is 257 g/mol. The highest BCUT2D eigenvalue weighted by Crippen LogP contribution is 2.34. The van der Waals surface area contributed by atoms with Gasteiger partial charge in [-0.25, -0.2) is 4.39 Å². The molecule has 1 saturated heterocycles. The van der Waals surface area contributed by atoms with Gasteiger partial charge in [0, 0.05) is 18.7 Å². The van der Waals surface area contributed by atoms with E-state index in [-0.39, 0.29) is 5.02 Å². The lowest BCUT2D eigenvalue weighted by Gasteiger charge is -2.37. The Labute approximate surface area is 107 Å². The van der Waals surface area contributed by atoms with Gasteiger partial charge in [0.2, 0.25) is 0 Å². The molecule has 2 rings (SSSR count). The molecule has 0 aromatic heterocycles. The standard InChI is InChI=1S/C13H18ClFN2/c1-2-9-5-3-4-6-17(9)13-7-10(14)11(15)8-12(13)16/h7-9H,2-6,16H2,1H3. The van der Waals surface area contributed by atoms with Crippen LogP contribution in [0.5, 0.6) is 0 Å². The summed E-state index contributed by atoms with van der Waals surface area (Å²) in [5.74, 6) is -0.446. The Morgan fingerprint density at radius 3 is 2.94 bits per heavy atom. The van der Waals surface area contributed by atoms with Crippen LogP contribution in [-0.2, 0) is 0 Å². The number of hydrogen-bond donors (Lipinski definition) is 1. The van der Waals surface area contributed by atoms with E-state index in [0.29, 0.717) is 11.7 Å². The smallest absolute Gasteiger partial charge is 0.143 e. The molecule has 1 aromatic carbocycles. The van der Waals surface area contributed by atoms with Crippen LogP contribution in [-0.4, -0.2) is 12.6 Å². The maximum absolute atomic E-state index is 13.3. The van der Waals surface area contributed by atoms with E-state index in [1.165, 1.54) is 18.9 Å². The van der Waals surface area contributed by atoms with Crippen molar-refractivity contribution in [3.05, 3.63) is 23.0 Å². The molecule has 4 heteroatoms. The first kappa shape index (κ1) is 12.5. The minimum atomic E-state index is -0.446. The second-order valence-corrected chi connectivity index (χ2v) is 4.98. The third-order valence-corrected chi connectivity index (χ3v) is 3.77. The van der Waals surface area contributed by atoms with Crippen LogP contribution in [0.2, 0.25) is 5.02 Å². The zero-order valence-corrected chi connectivity index (χ0v) is 10.8. The maximum atomic E-state index is 13.3. The van der Waals surface area contributed by atoms with Gasteiger partial charge in [-0.3, -0.25) is 0 Å². The van der Waals surface area contributed by atoms with Gasteiger partial charge < -0.3 is 10.6 Å². The Balaban J connectivity index is 2.34. The summed E-state index contributed by atoms with van der Waals surface area (Å²) >= 11 is 5.84. The molecular weight excluding hydrogens is 239 g/mol. The lowest BCUT2D eigenvalue weighted by atomic mass is 9.99. The summed E-state index contributed by atoms with van der Waals surface area (Å²) in [5, 5.41) is 0.148. The van der Waals surface area contributed by atoms with Gasteiger partial charge in [0.25, 0.3) is 0 Å². The lowest BCUT2D eigenvalue weighted by Crippen LogP contribution is -2.39. The van der Waals surface area contributed by atoms with Gasteiger partial charge in [-0.15, -0.1) is 0 Å². The number of halogens is 2. The van der Waals surface area contributed by atoms with Crippen LogP contribution in [0.4, 0.5) is 15.8 Å². The molecule has 0 spiro atoms. The van der Waals surface area contributed by atoms with Crippen LogP contribution in [0.15, 0.2) is 12.1 Å². The molecule has 1 aromatic rings. The summed E-state index contributed by atoms with van der Waals surface area (Å²) in [6, 6.07) is 3.46. The number of piperidine rings is 1. The second-order valence-electron chi connectivity index (χ2n) is 4.58. The molecule has 1 heterocycles. The zero-order chi connectivity index (χ0) is 12.4. The maximum Gasteiger partial charge on any atom is 0.143 e. The summed E-state index contributed by atoms with van der Waals surface area (Å²) in [6.45, 7) is 3.15. The number of rotatable bonds is 2. The van der Waals surface area contributed by atoms with Crippen molar-refractivity contribution in [3.63, 3.8) is 0 Å². The molecule has 2 N–H and O–H groups in total. The molecule has 0 radical (unpaired) electrons. The molecule has 2 nitrogen and oxygen atoms in total. The molecule has 1 unspecified atom stereocenters. The van der Waals surface area contributed by atoms with Gasteiger partial charge in [-0.05, 0) is 31.7 Å². The van der Waals surface area contributed by atoms with Gasteiger partial charge >= 0.3 is 0 Å². The molecule has 0 bridgehead atoms. The normalized spacial score (nSPS) is 20.6. The van der Waals surface area contributed by atoms with Crippen LogP contribution >= 0.6 is 11.6 Å². The van der Waals surface area contributed by atoms with E-state index in [1.807, 2.05) is 0 Å². The first-order valence-corrected chi connectivity index (χ1v) is 6.52. The van der Waals surface area contributed by atoms with Crippen molar-refractivity contribution in [2.24, 2.45) is 0 Å². The SMILES string of the molecule is CCC1CCCCN1c1cc(Cl)c(F)cc1N. The van der Waals surface area contributed by atoms with Crippen molar-refractivity contribution in [3.8, 4) is 0 Å². The Hall–Kier alpha value is -0.960. The summed E-state index contributed by atoms with van der Waals surface area (Å²) < 4.78 is 13.3. The Bertz CT molecular complexity index is 409. The van der Waals surface area contributed by atoms with E-state index in [4.69, 9.17) is 17.3 Å². The van der Waals surface area contributed by atoms with E-state index in [0.717, 1.165) is 25.1 Å². The van der Waals surface area contributed by atoms with Gasteiger partial charge in [0.05, 0.1) is 16.4 Å². The van der Waals surface area contributed by atoms with Gasteiger partial charge in [-0.1, -0.05) is 18.5 Å². The highest BCUT2D eigenvalue weighted by molar-refractivity contribution is 6.31. The van der Waals surface area contributed by atoms with Crippen LogP contribution in [0.1, 0.15) is 32.6 Å². The molecule has 0 amide bonds. The van der Waals surface area contributed by atoms with Crippen molar-refractivity contribution in [2.45, 2.75) is 38.6 Å². The Morgan fingerprint density at radius 2 is 2.24 bits per heavy atom. The predicted octanol–water partition coefficient (Wildman–Crippen LogP) is 3.83. The number of hydrogen-bond acceptors (Lipinski definition) is 2. The fourth-order valence-corrected chi connectivity index (χ4v) is 2.70. The first-order chi connectivity index (χ1) is 8.13. The number of anilines is 2. The molecule has 0 saturated carbocycles. The highest BCUT2D eigenvalue weighted by Gasteiger charge is 2.23. The predicted molar refractivity (Wildman–Crippen MR) is 71.1 cm³/mol. The van der Waals surface area contributed by atoms with Gasteiger partial charge in [0.15, 0.2) is 0 Å². The first-order valence-electron chi connectivity index (χ1n) is 6.14. The van der Waals surface area contributed by atoms with E-state index in [2.05, 4.69) is 11.8 Å². The summed E-state index contributed by atoms with van der Waals surface area (Å²) in [6.07, 6.45) is 4.66. The summed E-state index contributed by atoms with van der Waals surface area (Å²) in [7, 11) is 0. The Kier molecular flexibility index (Phi) is 3.77. The molecule has 1 aliphatic rings. The largest absolute Gasteiger partial charge is 0.397 e. The van der Waals surface area contributed by atoms with E-state index in [1.54, 1.807) is 6.07 Å². The topological polar surface area (TPSA) is 29.3 Å². The number of nitrogens with zero attached hydrogens (tertiary/aromatic N) is 1. The molecule has 1 aliphatic heterocycles. The minimum Gasteiger partial charge on any atom is -0.397 e. The molecule has 0 aliphatic carbocycles. The molecule has 1 atom stereocenters. The van der Waals surface area contributed by atoms with Crippen LogP contribution < -0.4 is 10.6 Å². The van der Waals surface area contributed by atoms with Crippen LogP contribution in [0, 0.1) is 5.82 Å². The number of nitrogens with two attached hydrogens (primary N) is 1. The highest BCUT2D eigenvalue weighted by atomic mass is 35.5. The average Bonchev–Trinajstić information content (AvgIpc) is 2.34. The lowest BCUT2D eigenvalue weighted by molar-refractivity contribution is 0.450. The quantitative estimate of drug-likeness (QED) is 0.815. The van der Waals surface area contributed by atoms with Crippen molar-refractivity contribution < 1.29 is 4.39 Å². The van der Waals surface area contributed by atoms with E-state index in [9.17, 15) is 4.39 Å². The monoisotopic (exact) mass is 256 g/mol. The van der Waals surface area contributed by atoms with Gasteiger partial charge in [0.1, 0.15) is 5.82 Å². The third-order valence-electron chi connectivity index (χ3n) is 3.48. The minimum absolute atomic E-state index is 0.148. The number of nitrogen functional groups attached to an aromatic ring is 1. The molecular formula is C13H18ClFN2. The number of benzene rings is 1. The van der Waals surface area contributed by atoms with Gasteiger partial charge in [-0.2, -0.15) is 0 Å². The van der Waals surface area contributed by atoms with Crippen molar-refractivity contribution >= 4 is 23.0 Å². The van der Waals surface area contributed by atoms with E-state index < -0.39 is 5.82 Å². The van der Waals surface area contributed by atoms with Crippen molar-refractivity contribution in [2.75, 3.05) is 17.2 Å².